The van der Waals surface area contributed by atoms with E-state index >= 15 is 0 Å². The first kappa shape index (κ1) is 11.9. The maximum absolute atomic E-state index is 8.65. The molecule has 0 bridgehead atoms. The zero-order valence-electron chi connectivity index (χ0n) is 8.93. The normalized spacial score (nSPS) is 9.67. The molecule has 0 N–H and O–H groups in total. The van der Waals surface area contributed by atoms with E-state index in [-0.39, 0.29) is 0 Å². The summed E-state index contributed by atoms with van der Waals surface area (Å²) >= 11 is 1.38. The number of benzene rings is 1. The highest BCUT2D eigenvalue weighted by Gasteiger charge is 2.00. The Morgan fingerprint density at radius 2 is 2.07 bits per heavy atom. The second kappa shape index (κ2) is 6.33. The van der Waals surface area contributed by atoms with Crippen molar-refractivity contribution in [2.75, 3.05) is 31.4 Å². The summed E-state index contributed by atoms with van der Waals surface area (Å²) in [5.41, 5.74) is 1.78. The van der Waals surface area contributed by atoms with Gasteiger partial charge in [0.05, 0.1) is 18.2 Å². The first-order valence-corrected chi connectivity index (χ1v) is 5.80. The fourth-order valence-electron chi connectivity index (χ4n) is 1.18. The number of nitrogens with zero attached hydrogens (tertiary/aromatic N) is 2. The second-order valence-corrected chi connectivity index (χ2v) is 3.64. The lowest BCUT2D eigenvalue weighted by Gasteiger charge is -2.18. The standard InChI is InChI=1S/C11H14N2OS/c1-13(7-8-14-15-2)11-5-3-10(9-12)4-6-11/h3-6H,7-8H2,1-2H3. The Morgan fingerprint density at radius 3 is 2.60 bits per heavy atom. The summed E-state index contributed by atoms with van der Waals surface area (Å²) < 4.78 is 5.19. The summed E-state index contributed by atoms with van der Waals surface area (Å²) in [5, 5.41) is 8.65. The third kappa shape index (κ3) is 3.82. The molecule has 0 unspecified atom stereocenters. The van der Waals surface area contributed by atoms with Crippen molar-refractivity contribution < 1.29 is 4.18 Å². The number of rotatable bonds is 5. The molecule has 3 nitrogen and oxygen atoms in total. The summed E-state index contributed by atoms with van der Waals surface area (Å²) in [6.07, 6.45) is 1.90. The van der Waals surface area contributed by atoms with E-state index < -0.39 is 0 Å². The van der Waals surface area contributed by atoms with Crippen molar-refractivity contribution in [1.29, 1.82) is 5.26 Å². The van der Waals surface area contributed by atoms with Crippen LogP contribution in [0, 0.1) is 11.3 Å². The molecule has 0 saturated heterocycles. The molecule has 0 aliphatic carbocycles. The Morgan fingerprint density at radius 1 is 1.40 bits per heavy atom. The fraction of sp³-hybridized carbons (Fsp3) is 0.364. The van der Waals surface area contributed by atoms with Gasteiger partial charge in [0, 0.05) is 25.5 Å². The van der Waals surface area contributed by atoms with Gasteiger partial charge >= 0.3 is 0 Å². The van der Waals surface area contributed by atoms with E-state index in [0.717, 1.165) is 12.2 Å². The highest BCUT2D eigenvalue weighted by Crippen LogP contribution is 2.13. The Labute approximate surface area is 94.9 Å². The molecule has 0 aliphatic rings. The average molecular weight is 222 g/mol. The van der Waals surface area contributed by atoms with Gasteiger partial charge in [0.2, 0.25) is 0 Å². The van der Waals surface area contributed by atoms with Gasteiger partial charge in [-0.1, -0.05) is 0 Å². The zero-order chi connectivity index (χ0) is 11.1. The third-order valence-corrected chi connectivity index (χ3v) is 2.47. The highest BCUT2D eigenvalue weighted by atomic mass is 32.2. The minimum atomic E-state index is 0.688. The van der Waals surface area contributed by atoms with E-state index in [4.69, 9.17) is 9.44 Å². The molecule has 0 fully saturated rings. The van der Waals surface area contributed by atoms with Gasteiger partial charge in [-0.2, -0.15) is 5.26 Å². The topological polar surface area (TPSA) is 36.3 Å². The minimum absolute atomic E-state index is 0.688. The van der Waals surface area contributed by atoms with Crippen LogP contribution in [0.5, 0.6) is 0 Å². The molecule has 1 aromatic carbocycles. The van der Waals surface area contributed by atoms with E-state index in [1.165, 1.54) is 12.0 Å². The Hall–Kier alpha value is -1.18. The maximum Gasteiger partial charge on any atom is 0.0991 e. The molecule has 1 rings (SSSR count). The van der Waals surface area contributed by atoms with Crippen LogP contribution in [0.25, 0.3) is 0 Å². The van der Waals surface area contributed by atoms with Gasteiger partial charge in [0.25, 0.3) is 0 Å². The lowest BCUT2D eigenvalue weighted by Crippen LogP contribution is -2.21. The van der Waals surface area contributed by atoms with Crippen LogP contribution in [-0.2, 0) is 4.18 Å². The van der Waals surface area contributed by atoms with Crippen molar-refractivity contribution in [2.45, 2.75) is 0 Å². The predicted molar refractivity (Wildman–Crippen MR) is 63.9 cm³/mol. The van der Waals surface area contributed by atoms with E-state index in [9.17, 15) is 0 Å². The molecule has 80 valence electrons. The van der Waals surface area contributed by atoms with Crippen LogP contribution in [0.15, 0.2) is 24.3 Å². The van der Waals surface area contributed by atoms with Crippen molar-refractivity contribution >= 4 is 17.7 Å². The number of hydrogen-bond donors (Lipinski definition) is 0. The van der Waals surface area contributed by atoms with Crippen molar-refractivity contribution in [3.63, 3.8) is 0 Å². The van der Waals surface area contributed by atoms with Gasteiger partial charge in [-0.25, -0.2) is 0 Å². The van der Waals surface area contributed by atoms with Crippen LogP contribution in [-0.4, -0.2) is 26.5 Å². The predicted octanol–water partition coefficient (Wildman–Crippen LogP) is 2.29. The van der Waals surface area contributed by atoms with E-state index in [2.05, 4.69) is 11.0 Å². The number of hydrogen-bond acceptors (Lipinski definition) is 4. The van der Waals surface area contributed by atoms with Gasteiger partial charge in [0.1, 0.15) is 0 Å². The van der Waals surface area contributed by atoms with Crippen LogP contribution >= 0.6 is 12.0 Å². The molecule has 0 spiro atoms. The monoisotopic (exact) mass is 222 g/mol. The Balaban J connectivity index is 2.51. The molecule has 1 aromatic rings. The van der Waals surface area contributed by atoms with Crippen molar-refractivity contribution in [1.82, 2.24) is 0 Å². The quantitative estimate of drug-likeness (QED) is 0.565. The summed E-state index contributed by atoms with van der Waals surface area (Å²) in [5.74, 6) is 0. The van der Waals surface area contributed by atoms with Crippen molar-refractivity contribution in [2.24, 2.45) is 0 Å². The van der Waals surface area contributed by atoms with Crippen LogP contribution < -0.4 is 4.90 Å². The highest BCUT2D eigenvalue weighted by molar-refractivity contribution is 7.93. The molecule has 0 heterocycles. The minimum Gasteiger partial charge on any atom is -0.372 e. The lowest BCUT2D eigenvalue weighted by molar-refractivity contribution is 0.385. The summed E-state index contributed by atoms with van der Waals surface area (Å²) in [6, 6.07) is 9.62. The molecular weight excluding hydrogens is 208 g/mol. The van der Waals surface area contributed by atoms with E-state index in [1.807, 2.05) is 37.6 Å². The van der Waals surface area contributed by atoms with Crippen LogP contribution in [0.1, 0.15) is 5.56 Å². The number of anilines is 1. The summed E-state index contributed by atoms with van der Waals surface area (Å²) in [6.45, 7) is 1.53. The second-order valence-electron chi connectivity index (χ2n) is 3.07. The molecule has 0 amide bonds. The van der Waals surface area contributed by atoms with Crippen LogP contribution in [0.4, 0.5) is 5.69 Å². The maximum atomic E-state index is 8.65. The fourth-order valence-corrected chi connectivity index (χ4v) is 1.42. The van der Waals surface area contributed by atoms with E-state index in [1.54, 1.807) is 0 Å². The summed E-state index contributed by atoms with van der Waals surface area (Å²) in [7, 11) is 2.01. The molecule has 0 radical (unpaired) electrons. The van der Waals surface area contributed by atoms with Gasteiger partial charge in [-0.3, -0.25) is 0 Å². The molecule has 0 atom stereocenters. The average Bonchev–Trinajstić information content (AvgIpc) is 2.29. The van der Waals surface area contributed by atoms with Crippen LogP contribution in [0.2, 0.25) is 0 Å². The molecular formula is C11H14N2OS. The largest absolute Gasteiger partial charge is 0.372 e. The molecule has 0 aliphatic heterocycles. The molecule has 4 heteroatoms. The smallest absolute Gasteiger partial charge is 0.0991 e. The Kier molecular flexibility index (Phi) is 5.02. The first-order valence-electron chi connectivity index (χ1n) is 4.65. The van der Waals surface area contributed by atoms with Crippen molar-refractivity contribution in [3.05, 3.63) is 29.8 Å². The summed E-state index contributed by atoms with van der Waals surface area (Å²) in [4.78, 5) is 2.09. The Bertz CT molecular complexity index is 331. The van der Waals surface area contributed by atoms with Gasteiger partial charge in [-0.05, 0) is 36.3 Å². The number of nitriles is 1. The van der Waals surface area contributed by atoms with Gasteiger partial charge in [-0.15, -0.1) is 0 Å². The lowest BCUT2D eigenvalue weighted by atomic mass is 10.2. The van der Waals surface area contributed by atoms with Crippen LogP contribution in [0.3, 0.4) is 0 Å². The molecule has 15 heavy (non-hydrogen) atoms. The van der Waals surface area contributed by atoms with Gasteiger partial charge in [0.15, 0.2) is 0 Å². The van der Waals surface area contributed by atoms with Gasteiger partial charge < -0.3 is 9.08 Å². The number of likely N-dealkylation sites (N-methyl/N-ethyl adjacent to an activating group) is 1. The molecule has 0 aromatic heterocycles. The zero-order valence-corrected chi connectivity index (χ0v) is 9.75. The SMILES string of the molecule is CSOCCN(C)c1ccc(C#N)cc1. The van der Waals surface area contributed by atoms with Crippen molar-refractivity contribution in [3.8, 4) is 6.07 Å². The van der Waals surface area contributed by atoms with E-state index in [0.29, 0.717) is 12.2 Å². The first-order chi connectivity index (χ1) is 7.27. The molecule has 0 saturated carbocycles. The third-order valence-electron chi connectivity index (χ3n) is 2.07.